The van der Waals surface area contributed by atoms with Crippen molar-refractivity contribution in [3.8, 4) is 0 Å². The van der Waals surface area contributed by atoms with Gasteiger partial charge in [-0.05, 0) is 19.4 Å². The summed E-state index contributed by atoms with van der Waals surface area (Å²) in [5, 5.41) is 3.54. The van der Waals surface area contributed by atoms with Crippen molar-refractivity contribution in [3.05, 3.63) is 35.4 Å². The number of nitrogens with one attached hydrogen (secondary N) is 1. The van der Waals surface area contributed by atoms with Gasteiger partial charge in [0.25, 0.3) is 0 Å². The number of rotatable bonds is 0. The maximum atomic E-state index is 4.36. The molecule has 86 valence electrons. The Hall–Kier alpha value is -1.31. The van der Waals surface area contributed by atoms with E-state index in [9.17, 15) is 0 Å². The Labute approximate surface area is 97.8 Å². The molecule has 0 amide bonds. The normalized spacial score (nSPS) is 23.7. The highest BCUT2D eigenvalue weighted by molar-refractivity contribution is 6.02. The van der Waals surface area contributed by atoms with Gasteiger partial charge in [-0.1, -0.05) is 38.1 Å². The van der Waals surface area contributed by atoms with Crippen molar-refractivity contribution >= 4 is 5.84 Å². The van der Waals surface area contributed by atoms with Crippen LogP contribution in [0.25, 0.3) is 0 Å². The number of amidine groups is 1. The average Bonchev–Trinajstić information content (AvgIpc) is 2.24. The molecule has 2 nitrogen and oxygen atoms in total. The lowest BCUT2D eigenvalue weighted by Gasteiger charge is -2.48. The van der Waals surface area contributed by atoms with Crippen LogP contribution in [0, 0.1) is 0 Å². The van der Waals surface area contributed by atoms with Crippen LogP contribution in [0.4, 0.5) is 0 Å². The van der Waals surface area contributed by atoms with Crippen LogP contribution in [0.3, 0.4) is 0 Å². The number of hydrogen-bond donors (Lipinski definition) is 1. The fourth-order valence-electron chi connectivity index (χ4n) is 2.27. The van der Waals surface area contributed by atoms with Gasteiger partial charge in [-0.15, -0.1) is 0 Å². The average molecular weight is 216 g/mol. The molecule has 1 aliphatic rings. The molecule has 0 aliphatic carbocycles. The smallest absolute Gasteiger partial charge is 0.128 e. The van der Waals surface area contributed by atoms with Gasteiger partial charge in [-0.3, -0.25) is 4.99 Å². The van der Waals surface area contributed by atoms with Crippen molar-refractivity contribution in [1.29, 1.82) is 0 Å². The molecular weight excluding hydrogens is 196 g/mol. The van der Waals surface area contributed by atoms with Crippen molar-refractivity contribution in [2.24, 2.45) is 4.99 Å². The zero-order chi connectivity index (χ0) is 12.0. The fourth-order valence-corrected chi connectivity index (χ4v) is 2.27. The van der Waals surface area contributed by atoms with Crippen molar-refractivity contribution in [2.45, 2.75) is 38.6 Å². The number of nitrogens with zero attached hydrogens (tertiary/aromatic N) is 1. The minimum absolute atomic E-state index is 0.0101. The Morgan fingerprint density at radius 2 is 1.69 bits per heavy atom. The van der Waals surface area contributed by atoms with Crippen molar-refractivity contribution in [1.82, 2.24) is 5.32 Å². The number of fused-ring (bicyclic) bond motifs is 1. The summed E-state index contributed by atoms with van der Waals surface area (Å²) in [5.74, 6) is 1.000. The summed E-state index contributed by atoms with van der Waals surface area (Å²) >= 11 is 0. The van der Waals surface area contributed by atoms with E-state index in [1.54, 1.807) is 0 Å². The molecular formula is C14H20N2. The van der Waals surface area contributed by atoms with Crippen LogP contribution < -0.4 is 5.32 Å². The molecule has 1 aromatic rings. The molecule has 0 spiro atoms. The zero-order valence-corrected chi connectivity index (χ0v) is 10.8. The number of aliphatic imine (C=N–C) groups is 1. The number of hydrogen-bond acceptors (Lipinski definition) is 1. The maximum absolute atomic E-state index is 4.36. The lowest BCUT2D eigenvalue weighted by Crippen LogP contribution is -2.60. The van der Waals surface area contributed by atoms with Gasteiger partial charge in [0.05, 0.1) is 0 Å². The van der Waals surface area contributed by atoms with Crippen LogP contribution in [-0.2, 0) is 5.41 Å². The molecule has 0 aromatic heterocycles. The molecule has 0 bridgehead atoms. The van der Waals surface area contributed by atoms with Crippen molar-refractivity contribution < 1.29 is 0 Å². The van der Waals surface area contributed by atoms with Gasteiger partial charge >= 0.3 is 0 Å². The molecule has 2 heteroatoms. The Kier molecular flexibility index (Phi) is 2.33. The minimum Gasteiger partial charge on any atom is -0.364 e. The first-order chi connectivity index (χ1) is 7.40. The third-order valence-corrected chi connectivity index (χ3v) is 4.07. The van der Waals surface area contributed by atoms with Crippen LogP contribution in [0.5, 0.6) is 0 Å². The van der Waals surface area contributed by atoms with Gasteiger partial charge < -0.3 is 5.32 Å². The van der Waals surface area contributed by atoms with E-state index in [4.69, 9.17) is 0 Å². The predicted octanol–water partition coefficient (Wildman–Crippen LogP) is 2.72. The highest BCUT2D eigenvalue weighted by Gasteiger charge is 2.44. The van der Waals surface area contributed by atoms with E-state index < -0.39 is 0 Å². The second-order valence-electron chi connectivity index (χ2n) is 5.49. The lowest BCUT2D eigenvalue weighted by atomic mass is 9.66. The summed E-state index contributed by atoms with van der Waals surface area (Å²) in [7, 11) is 1.84. The second kappa shape index (κ2) is 3.34. The molecule has 0 atom stereocenters. The first kappa shape index (κ1) is 11.2. The molecule has 0 saturated carbocycles. The van der Waals surface area contributed by atoms with Gasteiger partial charge in [-0.2, -0.15) is 0 Å². The van der Waals surface area contributed by atoms with Crippen LogP contribution >= 0.6 is 0 Å². The largest absolute Gasteiger partial charge is 0.364 e. The molecule has 2 rings (SSSR count). The highest BCUT2D eigenvalue weighted by atomic mass is 15.1. The van der Waals surface area contributed by atoms with E-state index in [2.05, 4.69) is 62.3 Å². The summed E-state index contributed by atoms with van der Waals surface area (Å²) in [5.41, 5.74) is 2.71. The monoisotopic (exact) mass is 216 g/mol. The van der Waals surface area contributed by atoms with Crippen LogP contribution in [-0.4, -0.2) is 18.4 Å². The molecule has 0 fully saturated rings. The van der Waals surface area contributed by atoms with Gasteiger partial charge in [0.15, 0.2) is 0 Å². The molecule has 1 heterocycles. The van der Waals surface area contributed by atoms with E-state index in [-0.39, 0.29) is 11.0 Å². The molecule has 1 aliphatic heterocycles. The van der Waals surface area contributed by atoms with Gasteiger partial charge in [0, 0.05) is 23.6 Å². The Morgan fingerprint density at radius 3 is 2.31 bits per heavy atom. The van der Waals surface area contributed by atoms with E-state index in [0.717, 1.165) is 5.84 Å². The van der Waals surface area contributed by atoms with E-state index >= 15 is 0 Å². The minimum atomic E-state index is 0.0101. The number of benzene rings is 1. The summed E-state index contributed by atoms with van der Waals surface area (Å²) in [4.78, 5) is 4.36. The Morgan fingerprint density at radius 1 is 1.06 bits per heavy atom. The first-order valence-electron chi connectivity index (χ1n) is 5.75. The second-order valence-corrected chi connectivity index (χ2v) is 5.49. The predicted molar refractivity (Wildman–Crippen MR) is 69.1 cm³/mol. The molecule has 0 radical (unpaired) electrons. The van der Waals surface area contributed by atoms with Gasteiger partial charge in [0.1, 0.15) is 5.84 Å². The van der Waals surface area contributed by atoms with Crippen LogP contribution in [0.2, 0.25) is 0 Å². The Balaban J connectivity index is 2.70. The molecule has 0 unspecified atom stereocenters. The molecule has 16 heavy (non-hydrogen) atoms. The summed E-state index contributed by atoms with van der Waals surface area (Å²) < 4.78 is 0. The lowest BCUT2D eigenvalue weighted by molar-refractivity contribution is 0.265. The third-order valence-electron chi connectivity index (χ3n) is 4.07. The topological polar surface area (TPSA) is 24.4 Å². The van der Waals surface area contributed by atoms with E-state index in [1.165, 1.54) is 11.1 Å². The van der Waals surface area contributed by atoms with E-state index in [0.29, 0.717) is 0 Å². The van der Waals surface area contributed by atoms with Crippen LogP contribution in [0.1, 0.15) is 38.8 Å². The van der Waals surface area contributed by atoms with Gasteiger partial charge in [-0.25, -0.2) is 0 Å². The van der Waals surface area contributed by atoms with Crippen LogP contribution in [0.15, 0.2) is 29.3 Å². The molecule has 0 saturated heterocycles. The Bertz CT molecular complexity index is 442. The summed E-state index contributed by atoms with van der Waals surface area (Å²) in [6, 6.07) is 8.53. The van der Waals surface area contributed by atoms with Crippen molar-refractivity contribution in [2.75, 3.05) is 7.05 Å². The third kappa shape index (κ3) is 1.36. The first-order valence-corrected chi connectivity index (χ1v) is 5.75. The van der Waals surface area contributed by atoms with E-state index in [1.807, 2.05) is 7.05 Å². The summed E-state index contributed by atoms with van der Waals surface area (Å²) in [6.07, 6.45) is 0. The standard InChI is InChI=1S/C14H20N2/c1-13(2)11-9-7-6-8-10(11)12(15-5)16-14(13,3)4/h6-9H,1-5H3,(H,15,16). The highest BCUT2D eigenvalue weighted by Crippen LogP contribution is 2.39. The maximum Gasteiger partial charge on any atom is 0.128 e. The molecule has 1 aromatic carbocycles. The SMILES string of the molecule is CN=C1NC(C)(C)C(C)(C)c2ccccc21. The quantitative estimate of drug-likeness (QED) is 0.708. The fraction of sp³-hybridized carbons (Fsp3) is 0.500. The molecule has 1 N–H and O–H groups in total. The van der Waals surface area contributed by atoms with Crippen molar-refractivity contribution in [3.63, 3.8) is 0 Å². The summed E-state index contributed by atoms with van der Waals surface area (Å²) in [6.45, 7) is 9.03. The van der Waals surface area contributed by atoms with Gasteiger partial charge in [0.2, 0.25) is 0 Å². The zero-order valence-electron chi connectivity index (χ0n) is 10.8.